The van der Waals surface area contributed by atoms with Gasteiger partial charge in [-0.15, -0.1) is 0 Å². The molecular formula is C12H20N2O2. The quantitative estimate of drug-likeness (QED) is 0.823. The maximum Gasteiger partial charge on any atom is 0.253 e. The number of rotatable bonds is 2. The molecule has 1 heterocycles. The van der Waals surface area contributed by atoms with E-state index in [1.165, 1.54) is 10.6 Å². The highest BCUT2D eigenvalue weighted by atomic mass is 16.3. The van der Waals surface area contributed by atoms with Crippen molar-refractivity contribution in [1.29, 1.82) is 0 Å². The zero-order valence-electron chi connectivity index (χ0n) is 10.6. The van der Waals surface area contributed by atoms with Gasteiger partial charge in [0, 0.05) is 11.8 Å². The van der Waals surface area contributed by atoms with Crippen molar-refractivity contribution in [3.8, 4) is 0 Å². The first kappa shape index (κ1) is 12.9. The van der Waals surface area contributed by atoms with Gasteiger partial charge in [0.1, 0.15) is 5.82 Å². The van der Waals surface area contributed by atoms with Gasteiger partial charge < -0.3 is 5.11 Å². The minimum atomic E-state index is -0.562. The van der Waals surface area contributed by atoms with Crippen LogP contribution in [0, 0.1) is 19.3 Å². The van der Waals surface area contributed by atoms with Crippen LogP contribution in [0.5, 0.6) is 0 Å². The van der Waals surface area contributed by atoms with Gasteiger partial charge in [-0.3, -0.25) is 9.36 Å². The van der Waals surface area contributed by atoms with E-state index in [2.05, 4.69) is 4.98 Å². The van der Waals surface area contributed by atoms with Gasteiger partial charge in [0.2, 0.25) is 0 Å². The summed E-state index contributed by atoms with van der Waals surface area (Å²) in [6, 6.07) is 1.49. The van der Waals surface area contributed by atoms with Gasteiger partial charge in [-0.2, -0.15) is 0 Å². The van der Waals surface area contributed by atoms with Crippen LogP contribution in [0.1, 0.15) is 32.3 Å². The van der Waals surface area contributed by atoms with E-state index in [0.717, 1.165) is 0 Å². The van der Waals surface area contributed by atoms with Crippen molar-refractivity contribution < 1.29 is 5.11 Å². The summed E-state index contributed by atoms with van der Waals surface area (Å²) in [7, 11) is 0. The smallest absolute Gasteiger partial charge is 0.253 e. The first-order valence-corrected chi connectivity index (χ1v) is 5.45. The lowest BCUT2D eigenvalue weighted by atomic mass is 9.89. The highest BCUT2D eigenvalue weighted by Crippen LogP contribution is 2.20. The molecule has 0 fully saturated rings. The molecule has 1 atom stereocenters. The Balaban J connectivity index is 3.03. The molecule has 0 spiro atoms. The Morgan fingerprint density at radius 1 is 1.44 bits per heavy atom. The monoisotopic (exact) mass is 224 g/mol. The van der Waals surface area contributed by atoms with Gasteiger partial charge in [-0.25, -0.2) is 4.98 Å². The van der Waals surface area contributed by atoms with Crippen molar-refractivity contribution in [2.75, 3.05) is 0 Å². The number of aliphatic hydroxyl groups excluding tert-OH is 1. The number of hydrogen-bond donors (Lipinski definition) is 1. The summed E-state index contributed by atoms with van der Waals surface area (Å²) in [4.78, 5) is 16.0. The Hall–Kier alpha value is -1.16. The van der Waals surface area contributed by atoms with Crippen LogP contribution in [-0.4, -0.2) is 20.8 Å². The first-order chi connectivity index (χ1) is 7.21. The van der Waals surface area contributed by atoms with Gasteiger partial charge in [-0.05, 0) is 19.3 Å². The van der Waals surface area contributed by atoms with Gasteiger partial charge in [-0.1, -0.05) is 20.8 Å². The van der Waals surface area contributed by atoms with E-state index >= 15 is 0 Å². The molecular weight excluding hydrogens is 204 g/mol. The predicted octanol–water partition coefficient (Wildman–Crippen LogP) is 1.27. The summed E-state index contributed by atoms with van der Waals surface area (Å²) in [6.45, 7) is 9.70. The van der Waals surface area contributed by atoms with Crippen LogP contribution in [0.4, 0.5) is 0 Å². The van der Waals surface area contributed by atoms with E-state index in [-0.39, 0.29) is 11.0 Å². The molecule has 0 aliphatic rings. The molecule has 1 aromatic rings. The molecule has 0 aliphatic heterocycles. The van der Waals surface area contributed by atoms with Crippen LogP contribution in [0.2, 0.25) is 0 Å². The second-order valence-corrected chi connectivity index (χ2v) is 5.28. The summed E-state index contributed by atoms with van der Waals surface area (Å²) >= 11 is 0. The second kappa shape index (κ2) is 4.37. The minimum Gasteiger partial charge on any atom is -0.391 e. The van der Waals surface area contributed by atoms with Crippen LogP contribution in [0.15, 0.2) is 10.9 Å². The first-order valence-electron chi connectivity index (χ1n) is 5.45. The Kier molecular flexibility index (Phi) is 3.53. The lowest BCUT2D eigenvalue weighted by Crippen LogP contribution is -2.36. The Morgan fingerprint density at radius 3 is 2.44 bits per heavy atom. The van der Waals surface area contributed by atoms with Gasteiger partial charge in [0.05, 0.1) is 12.6 Å². The summed E-state index contributed by atoms with van der Waals surface area (Å²) in [6.07, 6.45) is -0.562. The van der Waals surface area contributed by atoms with Gasteiger partial charge >= 0.3 is 0 Å². The molecule has 0 saturated heterocycles. The van der Waals surface area contributed by atoms with Crippen molar-refractivity contribution >= 4 is 0 Å². The maximum absolute atomic E-state index is 11.7. The average Bonchev–Trinajstić information content (AvgIpc) is 2.08. The highest BCUT2D eigenvalue weighted by molar-refractivity contribution is 5.02. The molecule has 1 unspecified atom stereocenters. The van der Waals surface area contributed by atoms with Crippen molar-refractivity contribution in [2.24, 2.45) is 5.41 Å². The van der Waals surface area contributed by atoms with Crippen LogP contribution < -0.4 is 5.56 Å². The number of aliphatic hydroxyl groups is 1. The third-order valence-electron chi connectivity index (χ3n) is 2.68. The van der Waals surface area contributed by atoms with Crippen LogP contribution in [0.25, 0.3) is 0 Å². The minimum absolute atomic E-state index is 0.103. The fourth-order valence-electron chi connectivity index (χ4n) is 1.43. The standard InChI is InChI=1S/C12H20N2O2/c1-8-6-11(16)14(9(2)13-8)7-10(15)12(3,4)5/h6,10,15H,7H2,1-5H3. The van der Waals surface area contributed by atoms with E-state index in [1.807, 2.05) is 20.8 Å². The number of aromatic nitrogens is 2. The summed E-state index contributed by atoms with van der Waals surface area (Å²) in [5.74, 6) is 0.647. The molecule has 4 nitrogen and oxygen atoms in total. The SMILES string of the molecule is Cc1cc(=O)n(CC(O)C(C)(C)C)c(C)n1. The molecule has 0 aromatic carbocycles. The summed E-state index contributed by atoms with van der Waals surface area (Å²) < 4.78 is 1.52. The Labute approximate surface area is 96.0 Å². The van der Waals surface area contributed by atoms with Crippen LogP contribution in [-0.2, 0) is 6.54 Å². The van der Waals surface area contributed by atoms with E-state index in [0.29, 0.717) is 18.1 Å². The van der Waals surface area contributed by atoms with Gasteiger partial charge in [0.25, 0.3) is 5.56 Å². The summed E-state index contributed by atoms with van der Waals surface area (Å²) in [5.41, 5.74) is 0.369. The third kappa shape index (κ3) is 2.92. The van der Waals surface area contributed by atoms with Crippen LogP contribution >= 0.6 is 0 Å². The van der Waals surface area contributed by atoms with E-state index in [9.17, 15) is 9.90 Å². The second-order valence-electron chi connectivity index (χ2n) is 5.28. The fraction of sp³-hybridized carbons (Fsp3) is 0.667. The Bertz CT molecular complexity index is 430. The predicted molar refractivity (Wildman–Crippen MR) is 63.4 cm³/mol. The van der Waals surface area contributed by atoms with Gasteiger partial charge in [0.15, 0.2) is 0 Å². The molecule has 1 aromatic heterocycles. The highest BCUT2D eigenvalue weighted by Gasteiger charge is 2.23. The molecule has 90 valence electrons. The normalized spacial score (nSPS) is 13.9. The van der Waals surface area contributed by atoms with Crippen molar-refractivity contribution in [2.45, 2.75) is 47.3 Å². The molecule has 0 amide bonds. The zero-order chi connectivity index (χ0) is 12.5. The van der Waals surface area contributed by atoms with Crippen molar-refractivity contribution in [3.05, 3.63) is 27.9 Å². The molecule has 0 bridgehead atoms. The van der Waals surface area contributed by atoms with Crippen molar-refractivity contribution in [3.63, 3.8) is 0 Å². The number of hydrogen-bond acceptors (Lipinski definition) is 3. The molecule has 0 saturated carbocycles. The van der Waals surface area contributed by atoms with E-state index < -0.39 is 6.10 Å². The van der Waals surface area contributed by atoms with E-state index in [4.69, 9.17) is 0 Å². The average molecular weight is 224 g/mol. The molecule has 1 N–H and O–H groups in total. The third-order valence-corrected chi connectivity index (χ3v) is 2.68. The Morgan fingerprint density at radius 2 is 2.00 bits per heavy atom. The molecule has 0 radical (unpaired) electrons. The summed E-state index contributed by atoms with van der Waals surface area (Å²) in [5, 5.41) is 9.97. The van der Waals surface area contributed by atoms with Crippen molar-refractivity contribution in [1.82, 2.24) is 9.55 Å². The molecule has 0 aliphatic carbocycles. The molecule has 16 heavy (non-hydrogen) atoms. The lowest BCUT2D eigenvalue weighted by molar-refractivity contribution is 0.0464. The number of nitrogens with zero attached hydrogens (tertiary/aromatic N) is 2. The van der Waals surface area contributed by atoms with E-state index in [1.54, 1.807) is 13.8 Å². The molecule has 1 rings (SSSR count). The lowest BCUT2D eigenvalue weighted by Gasteiger charge is -2.26. The number of aryl methyl sites for hydroxylation is 2. The maximum atomic E-state index is 11.7. The molecule has 4 heteroatoms. The zero-order valence-corrected chi connectivity index (χ0v) is 10.6. The fourth-order valence-corrected chi connectivity index (χ4v) is 1.43. The van der Waals surface area contributed by atoms with Crippen LogP contribution in [0.3, 0.4) is 0 Å². The largest absolute Gasteiger partial charge is 0.391 e. The topological polar surface area (TPSA) is 55.1 Å².